The highest BCUT2D eigenvalue weighted by molar-refractivity contribution is 5.33. The average molecular weight is 131 g/mol. The largest absolute Gasteiger partial charge is 0.193 e. The van der Waals surface area contributed by atoms with E-state index in [9.17, 15) is 0 Å². The van der Waals surface area contributed by atoms with Crippen molar-refractivity contribution in [2.45, 2.75) is 12.8 Å². The molecule has 1 heteroatoms. The Labute approximate surface area is 60.7 Å². The fourth-order valence-electron chi connectivity index (χ4n) is 1.85. The zero-order chi connectivity index (χ0) is 6.97. The smallest absolute Gasteiger partial charge is 0.0947 e. The molecule has 2 rings (SSSR count). The first-order valence-electron chi connectivity index (χ1n) is 3.68. The van der Waals surface area contributed by atoms with Crippen LogP contribution in [0.1, 0.15) is 12.8 Å². The number of allylic oxidation sites excluding steroid dienone is 4. The number of hydrogen-bond donors (Lipinski definition) is 0. The summed E-state index contributed by atoms with van der Waals surface area (Å²) in [4.78, 5) is 0. The predicted octanol–water partition coefficient (Wildman–Crippen LogP) is 2.03. The van der Waals surface area contributed by atoms with Gasteiger partial charge in [0.05, 0.1) is 6.07 Å². The molecular formula is C9H9N. The van der Waals surface area contributed by atoms with Crippen LogP contribution in [-0.2, 0) is 0 Å². The van der Waals surface area contributed by atoms with E-state index < -0.39 is 0 Å². The van der Waals surface area contributed by atoms with Gasteiger partial charge in [-0.25, -0.2) is 0 Å². The van der Waals surface area contributed by atoms with Crippen LogP contribution in [0.2, 0.25) is 0 Å². The standard InChI is InChI=1S/C9H9N/c10-6-8-5-4-7-2-1-3-9(7)8/h1-2,5,7,9H,3-4H2/t7-,9-/m1/s1. The van der Waals surface area contributed by atoms with E-state index in [2.05, 4.69) is 24.3 Å². The third-order valence-electron chi connectivity index (χ3n) is 2.43. The molecule has 0 aromatic heterocycles. The highest BCUT2D eigenvalue weighted by Gasteiger charge is 2.29. The Morgan fingerprint density at radius 2 is 2.40 bits per heavy atom. The van der Waals surface area contributed by atoms with E-state index in [4.69, 9.17) is 5.26 Å². The van der Waals surface area contributed by atoms with Crippen molar-refractivity contribution in [3.8, 4) is 6.07 Å². The van der Waals surface area contributed by atoms with Crippen LogP contribution in [0.3, 0.4) is 0 Å². The minimum Gasteiger partial charge on any atom is -0.193 e. The first kappa shape index (κ1) is 5.73. The van der Waals surface area contributed by atoms with Gasteiger partial charge in [0, 0.05) is 11.5 Å². The SMILES string of the molecule is N#CC1=CC[C@H]2C=CC[C@@H]12. The lowest BCUT2D eigenvalue weighted by Crippen LogP contribution is -2.01. The molecule has 10 heavy (non-hydrogen) atoms. The molecule has 2 atom stereocenters. The van der Waals surface area contributed by atoms with E-state index in [1.54, 1.807) is 0 Å². The van der Waals surface area contributed by atoms with E-state index in [1.165, 1.54) is 0 Å². The van der Waals surface area contributed by atoms with Crippen molar-refractivity contribution in [2.75, 3.05) is 0 Å². The number of nitriles is 1. The number of hydrogen-bond acceptors (Lipinski definition) is 1. The highest BCUT2D eigenvalue weighted by Crippen LogP contribution is 2.39. The third-order valence-corrected chi connectivity index (χ3v) is 2.43. The summed E-state index contributed by atoms with van der Waals surface area (Å²) in [6, 6.07) is 2.26. The first-order valence-corrected chi connectivity index (χ1v) is 3.68. The summed E-state index contributed by atoms with van der Waals surface area (Å²) < 4.78 is 0. The van der Waals surface area contributed by atoms with Crippen molar-refractivity contribution in [1.82, 2.24) is 0 Å². The molecule has 0 unspecified atom stereocenters. The maximum atomic E-state index is 8.67. The highest BCUT2D eigenvalue weighted by atomic mass is 14.4. The lowest BCUT2D eigenvalue weighted by molar-refractivity contribution is 0.539. The van der Waals surface area contributed by atoms with Gasteiger partial charge in [-0.3, -0.25) is 0 Å². The number of fused-ring (bicyclic) bond motifs is 1. The molecule has 0 saturated heterocycles. The van der Waals surface area contributed by atoms with Gasteiger partial charge >= 0.3 is 0 Å². The molecule has 2 aliphatic carbocycles. The number of rotatable bonds is 0. The van der Waals surface area contributed by atoms with Gasteiger partial charge in [0.25, 0.3) is 0 Å². The summed E-state index contributed by atoms with van der Waals surface area (Å²) >= 11 is 0. The van der Waals surface area contributed by atoms with Gasteiger partial charge in [-0.1, -0.05) is 18.2 Å². The van der Waals surface area contributed by atoms with Crippen molar-refractivity contribution in [3.05, 3.63) is 23.8 Å². The fraction of sp³-hybridized carbons (Fsp3) is 0.444. The van der Waals surface area contributed by atoms with Crippen LogP contribution in [0.4, 0.5) is 0 Å². The van der Waals surface area contributed by atoms with Gasteiger partial charge in [0.1, 0.15) is 0 Å². The van der Waals surface area contributed by atoms with Crippen molar-refractivity contribution in [2.24, 2.45) is 11.8 Å². The molecule has 50 valence electrons. The molecule has 0 fully saturated rings. The molecule has 0 amide bonds. The van der Waals surface area contributed by atoms with Crippen LogP contribution in [-0.4, -0.2) is 0 Å². The number of nitrogens with zero attached hydrogens (tertiary/aromatic N) is 1. The Kier molecular flexibility index (Phi) is 1.14. The Morgan fingerprint density at radius 1 is 1.50 bits per heavy atom. The predicted molar refractivity (Wildman–Crippen MR) is 39.1 cm³/mol. The Balaban J connectivity index is 2.23. The molecule has 0 aliphatic heterocycles. The van der Waals surface area contributed by atoms with E-state index in [-0.39, 0.29) is 0 Å². The van der Waals surface area contributed by atoms with E-state index in [0.29, 0.717) is 11.8 Å². The molecule has 0 aromatic carbocycles. The topological polar surface area (TPSA) is 23.8 Å². The van der Waals surface area contributed by atoms with Crippen LogP contribution < -0.4 is 0 Å². The van der Waals surface area contributed by atoms with Crippen molar-refractivity contribution in [3.63, 3.8) is 0 Å². The molecule has 1 nitrogen and oxygen atoms in total. The van der Waals surface area contributed by atoms with E-state index in [0.717, 1.165) is 18.4 Å². The maximum absolute atomic E-state index is 8.67. The summed E-state index contributed by atoms with van der Waals surface area (Å²) in [5.41, 5.74) is 1.01. The zero-order valence-electron chi connectivity index (χ0n) is 5.75. The van der Waals surface area contributed by atoms with E-state index >= 15 is 0 Å². The van der Waals surface area contributed by atoms with Gasteiger partial charge in [0.15, 0.2) is 0 Å². The molecule has 0 aromatic rings. The summed E-state index contributed by atoms with van der Waals surface area (Å²) in [5, 5.41) is 8.67. The zero-order valence-corrected chi connectivity index (χ0v) is 5.75. The minimum absolute atomic E-state index is 0.546. The van der Waals surface area contributed by atoms with Crippen LogP contribution in [0, 0.1) is 23.2 Å². The molecule has 0 saturated carbocycles. The summed E-state index contributed by atoms with van der Waals surface area (Å²) in [6.45, 7) is 0. The van der Waals surface area contributed by atoms with Crippen LogP contribution in [0.15, 0.2) is 23.8 Å². The Morgan fingerprint density at radius 3 is 3.20 bits per heavy atom. The summed E-state index contributed by atoms with van der Waals surface area (Å²) in [7, 11) is 0. The Hall–Kier alpha value is -1.03. The second-order valence-corrected chi connectivity index (χ2v) is 2.94. The normalized spacial score (nSPS) is 35.3. The maximum Gasteiger partial charge on any atom is 0.0947 e. The van der Waals surface area contributed by atoms with Gasteiger partial charge in [-0.2, -0.15) is 5.26 Å². The molecule has 0 bridgehead atoms. The second kappa shape index (κ2) is 1.98. The second-order valence-electron chi connectivity index (χ2n) is 2.94. The van der Waals surface area contributed by atoms with Gasteiger partial charge in [-0.05, 0) is 18.8 Å². The van der Waals surface area contributed by atoms with Crippen molar-refractivity contribution < 1.29 is 0 Å². The monoisotopic (exact) mass is 131 g/mol. The van der Waals surface area contributed by atoms with Crippen molar-refractivity contribution >= 4 is 0 Å². The Bertz CT molecular complexity index is 242. The lowest BCUT2D eigenvalue weighted by atomic mass is 9.95. The summed E-state index contributed by atoms with van der Waals surface area (Å²) in [5.74, 6) is 1.21. The molecule has 0 N–H and O–H groups in total. The van der Waals surface area contributed by atoms with Gasteiger partial charge in [0.2, 0.25) is 0 Å². The molecule has 2 aliphatic rings. The molecule has 0 radical (unpaired) electrons. The fourth-order valence-corrected chi connectivity index (χ4v) is 1.85. The quantitative estimate of drug-likeness (QED) is 0.461. The third kappa shape index (κ3) is 0.623. The van der Waals surface area contributed by atoms with Crippen LogP contribution >= 0.6 is 0 Å². The summed E-state index contributed by atoms with van der Waals surface area (Å²) in [6.07, 6.45) is 8.69. The molecular weight excluding hydrogens is 122 g/mol. The van der Waals surface area contributed by atoms with E-state index in [1.807, 2.05) is 0 Å². The molecule has 0 heterocycles. The minimum atomic E-state index is 0.546. The average Bonchev–Trinajstić information content (AvgIpc) is 2.44. The lowest BCUT2D eigenvalue weighted by Gasteiger charge is -2.07. The molecule has 0 spiro atoms. The van der Waals surface area contributed by atoms with Crippen molar-refractivity contribution in [1.29, 1.82) is 5.26 Å². The van der Waals surface area contributed by atoms with Gasteiger partial charge < -0.3 is 0 Å². The first-order chi connectivity index (χ1) is 4.92. The van der Waals surface area contributed by atoms with Gasteiger partial charge in [-0.15, -0.1) is 0 Å². The van der Waals surface area contributed by atoms with Crippen LogP contribution in [0.5, 0.6) is 0 Å². The van der Waals surface area contributed by atoms with Crippen LogP contribution in [0.25, 0.3) is 0 Å².